The first kappa shape index (κ1) is 14.8. The van der Waals surface area contributed by atoms with Crippen molar-refractivity contribution in [2.24, 2.45) is 18.9 Å². The molecule has 1 fully saturated rings. The molecule has 116 valence electrons. The van der Waals surface area contributed by atoms with Gasteiger partial charge in [-0.15, -0.1) is 0 Å². The lowest BCUT2D eigenvalue weighted by molar-refractivity contribution is 0.208. The van der Waals surface area contributed by atoms with Gasteiger partial charge in [-0.1, -0.05) is 27.2 Å². The van der Waals surface area contributed by atoms with Gasteiger partial charge in [-0.3, -0.25) is 9.25 Å². The summed E-state index contributed by atoms with van der Waals surface area (Å²) < 4.78 is 5.21. The van der Waals surface area contributed by atoms with Crippen LogP contribution in [-0.4, -0.2) is 19.3 Å². The summed E-state index contributed by atoms with van der Waals surface area (Å²) in [6.07, 6.45) is 5.92. The summed E-state index contributed by atoms with van der Waals surface area (Å²) in [6, 6.07) is 0.507. The Balaban J connectivity index is 2.10. The number of aromatic amines is 1. The second kappa shape index (κ2) is 5.59. The third kappa shape index (κ3) is 2.45. The van der Waals surface area contributed by atoms with Crippen LogP contribution in [0.15, 0.2) is 0 Å². The summed E-state index contributed by atoms with van der Waals surface area (Å²) in [4.78, 5) is 3.42. The zero-order valence-electron chi connectivity index (χ0n) is 13.5. The summed E-state index contributed by atoms with van der Waals surface area (Å²) in [5.74, 6) is 1.51. The number of imidazole rings is 1. The van der Waals surface area contributed by atoms with E-state index in [4.69, 9.17) is 17.3 Å². The fourth-order valence-electron chi connectivity index (χ4n) is 3.99. The maximum Gasteiger partial charge on any atom is 0.179 e. The Bertz CT molecular complexity index is 693. The van der Waals surface area contributed by atoms with Crippen molar-refractivity contribution in [1.82, 2.24) is 19.3 Å². The Labute approximate surface area is 131 Å². The lowest BCUT2D eigenvalue weighted by Gasteiger charge is -2.33. The SMILES string of the molecule is CCCc1nn(C)c2c1[nH]c(=S)n2C1CCC(C)CC1C. The molecule has 1 N–H and O–H groups in total. The standard InChI is InChI=1S/C16H26N4S/c1-5-6-12-14-15(19(4)18-12)20(16(21)17-14)13-8-7-10(2)9-11(13)3/h10-11,13H,5-9H2,1-4H3,(H,17,21). The van der Waals surface area contributed by atoms with E-state index in [1.165, 1.54) is 24.9 Å². The topological polar surface area (TPSA) is 38.5 Å². The Kier molecular flexibility index (Phi) is 3.95. The van der Waals surface area contributed by atoms with Crippen molar-refractivity contribution in [3.63, 3.8) is 0 Å². The zero-order chi connectivity index (χ0) is 15.1. The fourth-order valence-corrected chi connectivity index (χ4v) is 4.31. The number of hydrogen-bond donors (Lipinski definition) is 1. The molecule has 0 aromatic carbocycles. The molecular weight excluding hydrogens is 280 g/mol. The van der Waals surface area contributed by atoms with Gasteiger partial charge in [0.2, 0.25) is 0 Å². The second-order valence-corrected chi connectivity index (χ2v) is 7.17. The molecule has 2 aromatic heterocycles. The van der Waals surface area contributed by atoms with Crippen LogP contribution in [0.1, 0.15) is 58.2 Å². The number of rotatable bonds is 3. The molecule has 4 nitrogen and oxygen atoms in total. The molecule has 1 saturated carbocycles. The minimum absolute atomic E-state index is 0.507. The molecular formula is C16H26N4S. The smallest absolute Gasteiger partial charge is 0.179 e. The normalized spacial score (nSPS) is 26.6. The quantitative estimate of drug-likeness (QED) is 0.855. The van der Waals surface area contributed by atoms with Crippen LogP contribution in [0, 0.1) is 16.6 Å². The van der Waals surface area contributed by atoms with Gasteiger partial charge in [-0.25, -0.2) is 0 Å². The second-order valence-electron chi connectivity index (χ2n) is 6.78. The van der Waals surface area contributed by atoms with Crippen molar-refractivity contribution < 1.29 is 0 Å². The highest BCUT2D eigenvalue weighted by atomic mass is 32.1. The van der Waals surface area contributed by atoms with E-state index in [0.717, 1.165) is 34.7 Å². The molecule has 21 heavy (non-hydrogen) atoms. The average Bonchev–Trinajstić information content (AvgIpc) is 2.89. The van der Waals surface area contributed by atoms with Crippen LogP contribution in [-0.2, 0) is 13.5 Å². The molecule has 2 heterocycles. The Morgan fingerprint density at radius 3 is 2.76 bits per heavy atom. The number of nitrogens with one attached hydrogen (secondary N) is 1. The van der Waals surface area contributed by atoms with E-state index in [0.29, 0.717) is 12.0 Å². The van der Waals surface area contributed by atoms with Crippen molar-refractivity contribution in [3.05, 3.63) is 10.5 Å². The monoisotopic (exact) mass is 306 g/mol. The Morgan fingerprint density at radius 1 is 1.33 bits per heavy atom. The largest absolute Gasteiger partial charge is 0.328 e. The number of H-pyrrole nitrogens is 1. The third-order valence-corrected chi connectivity index (χ3v) is 5.27. The fraction of sp³-hybridized carbons (Fsp3) is 0.750. The Hall–Kier alpha value is -1.10. The van der Waals surface area contributed by atoms with Gasteiger partial charge in [-0.2, -0.15) is 5.10 Å². The van der Waals surface area contributed by atoms with Gasteiger partial charge in [0.05, 0.1) is 5.69 Å². The maximum absolute atomic E-state index is 5.64. The van der Waals surface area contributed by atoms with Gasteiger partial charge < -0.3 is 4.98 Å². The highest BCUT2D eigenvalue weighted by Crippen LogP contribution is 2.38. The van der Waals surface area contributed by atoms with Gasteiger partial charge >= 0.3 is 0 Å². The number of hydrogen-bond acceptors (Lipinski definition) is 2. The van der Waals surface area contributed by atoms with Crippen molar-refractivity contribution in [2.45, 2.75) is 58.9 Å². The van der Waals surface area contributed by atoms with Crippen molar-refractivity contribution >= 4 is 23.4 Å². The summed E-state index contributed by atoms with van der Waals surface area (Å²) in [6.45, 7) is 6.92. The first-order chi connectivity index (χ1) is 10.0. The highest BCUT2D eigenvalue weighted by molar-refractivity contribution is 7.71. The molecule has 3 unspecified atom stereocenters. The minimum atomic E-state index is 0.507. The van der Waals surface area contributed by atoms with Crippen molar-refractivity contribution in [2.75, 3.05) is 0 Å². The molecule has 3 rings (SSSR count). The first-order valence-corrected chi connectivity index (χ1v) is 8.59. The van der Waals surface area contributed by atoms with E-state index in [9.17, 15) is 0 Å². The van der Waals surface area contributed by atoms with E-state index in [1.807, 2.05) is 11.7 Å². The molecule has 0 amide bonds. The third-order valence-electron chi connectivity index (χ3n) is 4.97. The highest BCUT2D eigenvalue weighted by Gasteiger charge is 2.29. The zero-order valence-corrected chi connectivity index (χ0v) is 14.3. The van der Waals surface area contributed by atoms with E-state index < -0.39 is 0 Å². The average molecular weight is 306 g/mol. The molecule has 0 saturated heterocycles. The van der Waals surface area contributed by atoms with E-state index in [2.05, 4.69) is 30.3 Å². The molecule has 0 spiro atoms. The number of fused-ring (bicyclic) bond motifs is 1. The summed E-state index contributed by atoms with van der Waals surface area (Å²) in [7, 11) is 2.04. The maximum atomic E-state index is 5.64. The number of aryl methyl sites for hydroxylation is 2. The summed E-state index contributed by atoms with van der Waals surface area (Å²) >= 11 is 5.64. The molecule has 1 aliphatic rings. The van der Waals surface area contributed by atoms with Crippen LogP contribution in [0.2, 0.25) is 0 Å². The van der Waals surface area contributed by atoms with E-state index >= 15 is 0 Å². The molecule has 2 aromatic rings. The van der Waals surface area contributed by atoms with Gasteiger partial charge in [0, 0.05) is 13.1 Å². The lowest BCUT2D eigenvalue weighted by Crippen LogP contribution is -2.25. The predicted octanol–water partition coefficient (Wildman–Crippen LogP) is 4.38. The summed E-state index contributed by atoms with van der Waals surface area (Å²) in [5, 5.41) is 4.69. The van der Waals surface area contributed by atoms with Gasteiger partial charge in [0.15, 0.2) is 10.4 Å². The van der Waals surface area contributed by atoms with E-state index in [1.54, 1.807) is 0 Å². The van der Waals surface area contributed by atoms with Crippen LogP contribution in [0.4, 0.5) is 0 Å². The van der Waals surface area contributed by atoms with Gasteiger partial charge in [-0.05, 0) is 49.7 Å². The summed E-state index contributed by atoms with van der Waals surface area (Å²) in [5.41, 5.74) is 3.47. The minimum Gasteiger partial charge on any atom is -0.328 e. The van der Waals surface area contributed by atoms with Gasteiger partial charge in [0.25, 0.3) is 0 Å². The van der Waals surface area contributed by atoms with Crippen molar-refractivity contribution in [1.29, 1.82) is 0 Å². The molecule has 5 heteroatoms. The number of aromatic nitrogens is 4. The molecule has 3 atom stereocenters. The van der Waals surface area contributed by atoms with Crippen LogP contribution < -0.4 is 0 Å². The van der Waals surface area contributed by atoms with E-state index in [-0.39, 0.29) is 0 Å². The predicted molar refractivity (Wildman–Crippen MR) is 89.1 cm³/mol. The Morgan fingerprint density at radius 2 is 2.10 bits per heavy atom. The van der Waals surface area contributed by atoms with Crippen LogP contribution in [0.3, 0.4) is 0 Å². The van der Waals surface area contributed by atoms with Crippen LogP contribution in [0.5, 0.6) is 0 Å². The molecule has 0 aliphatic heterocycles. The van der Waals surface area contributed by atoms with Crippen molar-refractivity contribution in [3.8, 4) is 0 Å². The molecule has 0 bridgehead atoms. The molecule has 0 radical (unpaired) electrons. The molecule has 1 aliphatic carbocycles. The van der Waals surface area contributed by atoms with Crippen LogP contribution >= 0.6 is 12.2 Å². The first-order valence-electron chi connectivity index (χ1n) is 8.19. The number of nitrogens with zero attached hydrogens (tertiary/aromatic N) is 3. The van der Waals surface area contributed by atoms with Crippen LogP contribution in [0.25, 0.3) is 11.2 Å². The van der Waals surface area contributed by atoms with Gasteiger partial charge in [0.1, 0.15) is 5.52 Å². The lowest BCUT2D eigenvalue weighted by atomic mass is 9.80.